The lowest BCUT2D eigenvalue weighted by Gasteiger charge is -2.20. The van der Waals surface area contributed by atoms with Crippen molar-refractivity contribution in [3.8, 4) is 11.3 Å². The van der Waals surface area contributed by atoms with Crippen molar-refractivity contribution >= 4 is 38.1 Å². The third kappa shape index (κ3) is 5.98. The van der Waals surface area contributed by atoms with Crippen LogP contribution in [-0.4, -0.2) is 48.0 Å². The summed E-state index contributed by atoms with van der Waals surface area (Å²) in [5.74, 6) is -0.196. The van der Waals surface area contributed by atoms with E-state index >= 15 is 0 Å². The van der Waals surface area contributed by atoms with Gasteiger partial charge in [0.25, 0.3) is 10.0 Å². The first kappa shape index (κ1) is 27.3. The molecule has 0 bridgehead atoms. The summed E-state index contributed by atoms with van der Waals surface area (Å²) in [6.45, 7) is 4.80. The van der Waals surface area contributed by atoms with E-state index in [9.17, 15) is 12.8 Å². The van der Waals surface area contributed by atoms with Gasteiger partial charge in [0.15, 0.2) is 0 Å². The summed E-state index contributed by atoms with van der Waals surface area (Å²) in [5.41, 5.74) is 4.59. The van der Waals surface area contributed by atoms with Crippen LogP contribution in [0, 0.1) is 12.7 Å². The van der Waals surface area contributed by atoms with E-state index in [1.54, 1.807) is 37.3 Å². The normalized spacial score (nSPS) is 12.6. The van der Waals surface area contributed by atoms with E-state index in [0.29, 0.717) is 28.8 Å². The zero-order valence-electron chi connectivity index (χ0n) is 22.8. The number of rotatable bonds is 9. The molecular formula is C30H31FN6O2S. The topological polar surface area (TPSA) is 92.2 Å². The van der Waals surface area contributed by atoms with E-state index in [-0.39, 0.29) is 0 Å². The summed E-state index contributed by atoms with van der Waals surface area (Å²) in [7, 11) is 0.104. The highest BCUT2D eigenvalue weighted by Crippen LogP contribution is 2.27. The van der Waals surface area contributed by atoms with E-state index in [0.717, 1.165) is 23.2 Å². The number of benzene rings is 3. The number of hydrogen-bond donors (Lipinski definition) is 2. The lowest BCUT2D eigenvalue weighted by Crippen LogP contribution is -2.28. The van der Waals surface area contributed by atoms with E-state index in [1.807, 2.05) is 6.07 Å². The van der Waals surface area contributed by atoms with Crippen LogP contribution in [0.3, 0.4) is 0 Å². The highest BCUT2D eigenvalue weighted by Gasteiger charge is 2.19. The Bertz CT molecular complexity index is 1770. The zero-order chi connectivity index (χ0) is 28.4. The van der Waals surface area contributed by atoms with Crippen molar-refractivity contribution in [1.29, 1.82) is 0 Å². The van der Waals surface area contributed by atoms with Crippen molar-refractivity contribution in [2.24, 2.45) is 0 Å². The summed E-state index contributed by atoms with van der Waals surface area (Å²) in [6, 6.07) is 21.3. The molecular weight excluding hydrogens is 527 g/mol. The Morgan fingerprint density at radius 1 is 0.950 bits per heavy atom. The van der Waals surface area contributed by atoms with Gasteiger partial charge in [-0.3, -0.25) is 4.72 Å². The first-order valence-electron chi connectivity index (χ1n) is 12.8. The van der Waals surface area contributed by atoms with Crippen LogP contribution >= 0.6 is 0 Å². The number of likely N-dealkylation sites (N-methyl/N-ethyl adjacent to an activating group) is 1. The Morgan fingerprint density at radius 2 is 1.70 bits per heavy atom. The number of fused-ring (bicyclic) bond motifs is 1. The molecule has 40 heavy (non-hydrogen) atoms. The molecule has 0 aliphatic carbocycles. The molecule has 10 heteroatoms. The van der Waals surface area contributed by atoms with Crippen LogP contribution in [0.2, 0.25) is 0 Å². The second kappa shape index (κ2) is 11.1. The molecule has 2 aromatic heterocycles. The SMILES string of the molecule is Cc1ccc(S(=O)(=O)Nc2ccc(Nc3cc(-c4ccc5c(ccn5CC(C)N(C)C)c4)ncn3)cc2)c(F)c1. The fourth-order valence-corrected chi connectivity index (χ4v) is 5.47. The fourth-order valence-electron chi connectivity index (χ4n) is 4.35. The molecule has 0 saturated carbocycles. The monoisotopic (exact) mass is 558 g/mol. The van der Waals surface area contributed by atoms with Gasteiger partial charge >= 0.3 is 0 Å². The molecule has 0 aliphatic rings. The van der Waals surface area contributed by atoms with Gasteiger partial charge in [-0.25, -0.2) is 22.8 Å². The highest BCUT2D eigenvalue weighted by molar-refractivity contribution is 7.92. The smallest absolute Gasteiger partial charge is 0.264 e. The third-order valence-electron chi connectivity index (χ3n) is 6.86. The van der Waals surface area contributed by atoms with E-state index < -0.39 is 20.7 Å². The third-order valence-corrected chi connectivity index (χ3v) is 8.28. The Morgan fingerprint density at radius 3 is 2.42 bits per heavy atom. The highest BCUT2D eigenvalue weighted by atomic mass is 32.2. The van der Waals surface area contributed by atoms with E-state index in [2.05, 4.69) is 81.0 Å². The van der Waals surface area contributed by atoms with E-state index in [1.165, 1.54) is 24.0 Å². The number of aromatic nitrogens is 3. The van der Waals surface area contributed by atoms with Crippen molar-refractivity contribution in [3.05, 3.63) is 96.7 Å². The molecule has 0 saturated heterocycles. The van der Waals surface area contributed by atoms with Crippen LogP contribution in [0.25, 0.3) is 22.2 Å². The van der Waals surface area contributed by atoms with Crippen LogP contribution < -0.4 is 10.0 Å². The second-order valence-electron chi connectivity index (χ2n) is 10.1. The lowest BCUT2D eigenvalue weighted by atomic mass is 10.1. The predicted molar refractivity (Wildman–Crippen MR) is 158 cm³/mol. The zero-order valence-corrected chi connectivity index (χ0v) is 23.6. The number of aryl methyl sites for hydroxylation is 1. The van der Waals surface area contributed by atoms with Crippen molar-refractivity contribution < 1.29 is 12.8 Å². The summed E-state index contributed by atoms with van der Waals surface area (Å²) in [5, 5.41) is 4.37. The number of anilines is 3. The molecule has 0 spiro atoms. The Labute approximate surface area is 233 Å². The molecule has 0 aliphatic heterocycles. The minimum atomic E-state index is -4.06. The molecule has 8 nitrogen and oxygen atoms in total. The van der Waals surface area contributed by atoms with Crippen LogP contribution in [0.1, 0.15) is 12.5 Å². The van der Waals surface area contributed by atoms with Crippen molar-refractivity contribution in [1.82, 2.24) is 19.4 Å². The molecule has 3 aromatic carbocycles. The maximum Gasteiger partial charge on any atom is 0.264 e. The van der Waals surface area contributed by atoms with Gasteiger partial charge in [0.1, 0.15) is 22.9 Å². The Hall–Kier alpha value is -4.28. The molecule has 2 heterocycles. The number of hydrogen-bond acceptors (Lipinski definition) is 6. The number of nitrogens with zero attached hydrogens (tertiary/aromatic N) is 4. The van der Waals surface area contributed by atoms with Crippen LogP contribution in [0.15, 0.2) is 90.2 Å². The number of sulfonamides is 1. The van der Waals surface area contributed by atoms with Gasteiger partial charge in [-0.1, -0.05) is 12.1 Å². The predicted octanol–water partition coefficient (Wildman–Crippen LogP) is 6.04. The van der Waals surface area contributed by atoms with E-state index in [4.69, 9.17) is 0 Å². The summed E-state index contributed by atoms with van der Waals surface area (Å²) in [4.78, 5) is 10.6. The minimum absolute atomic E-state index is 0.314. The Balaban J connectivity index is 1.29. The van der Waals surface area contributed by atoms with Gasteiger partial charge < -0.3 is 14.8 Å². The lowest BCUT2D eigenvalue weighted by molar-refractivity contribution is 0.286. The maximum atomic E-state index is 14.2. The van der Waals surface area contributed by atoms with Crippen molar-refractivity contribution in [2.45, 2.75) is 31.3 Å². The van der Waals surface area contributed by atoms with Crippen LogP contribution in [0.4, 0.5) is 21.6 Å². The van der Waals surface area contributed by atoms with Crippen LogP contribution in [0.5, 0.6) is 0 Å². The first-order valence-corrected chi connectivity index (χ1v) is 14.3. The molecule has 5 rings (SSSR count). The molecule has 206 valence electrons. The second-order valence-corrected chi connectivity index (χ2v) is 11.7. The number of nitrogens with one attached hydrogen (secondary N) is 2. The molecule has 0 radical (unpaired) electrons. The summed E-state index contributed by atoms with van der Waals surface area (Å²) in [6.07, 6.45) is 3.62. The van der Waals surface area contributed by atoms with Gasteiger partial charge in [-0.2, -0.15) is 0 Å². The molecule has 1 atom stereocenters. The average molecular weight is 559 g/mol. The van der Waals surface area contributed by atoms with Gasteiger partial charge in [0, 0.05) is 52.7 Å². The molecule has 5 aromatic rings. The first-order chi connectivity index (χ1) is 19.1. The minimum Gasteiger partial charge on any atom is -0.346 e. The summed E-state index contributed by atoms with van der Waals surface area (Å²) >= 11 is 0. The Kier molecular flexibility index (Phi) is 7.55. The number of halogens is 1. The van der Waals surface area contributed by atoms with Gasteiger partial charge in [0.05, 0.1) is 5.69 Å². The van der Waals surface area contributed by atoms with Gasteiger partial charge in [-0.15, -0.1) is 0 Å². The molecule has 2 N–H and O–H groups in total. The molecule has 0 amide bonds. The van der Waals surface area contributed by atoms with Crippen molar-refractivity contribution in [2.75, 3.05) is 24.1 Å². The summed E-state index contributed by atoms with van der Waals surface area (Å²) < 4.78 is 44.2. The van der Waals surface area contributed by atoms with Gasteiger partial charge in [0.2, 0.25) is 0 Å². The average Bonchev–Trinajstić information content (AvgIpc) is 3.31. The standard InChI is InChI=1S/C30H31FN6O2S/c1-20-5-12-29(26(31)15-20)40(38,39)35-25-9-7-24(8-10-25)34-30-17-27(32-19-33-30)22-6-11-28-23(16-22)13-14-37(28)18-21(2)36(3)4/h5-17,19,21,35H,18H2,1-4H3,(H,32,33,34). The van der Waals surface area contributed by atoms with Crippen LogP contribution in [-0.2, 0) is 16.6 Å². The quantitative estimate of drug-likeness (QED) is 0.229. The molecule has 1 unspecified atom stereocenters. The largest absolute Gasteiger partial charge is 0.346 e. The van der Waals surface area contributed by atoms with Gasteiger partial charge in [-0.05, 0) is 88.1 Å². The van der Waals surface area contributed by atoms with Crippen molar-refractivity contribution in [3.63, 3.8) is 0 Å². The fraction of sp³-hybridized carbons (Fsp3) is 0.200. The molecule has 0 fully saturated rings. The maximum absolute atomic E-state index is 14.2.